The normalized spacial score (nSPS) is 16.9. The molecule has 0 aliphatic heterocycles. The van der Waals surface area contributed by atoms with Crippen LogP contribution >= 0.6 is 15.9 Å². The number of alkyl halides is 3. The number of benzene rings is 1. The molecule has 0 spiro atoms. The van der Waals surface area contributed by atoms with E-state index >= 15 is 0 Å². The maximum atomic E-state index is 12.7. The van der Waals surface area contributed by atoms with Crippen LogP contribution in [-0.2, 0) is 6.18 Å². The van der Waals surface area contributed by atoms with Crippen molar-refractivity contribution >= 4 is 21.8 Å². The minimum Gasteiger partial charge on any atom is -0.350 e. The Bertz CT molecular complexity index is 515. The molecule has 0 radical (unpaired) electrons. The summed E-state index contributed by atoms with van der Waals surface area (Å²) in [7, 11) is 0. The minimum atomic E-state index is -4.50. The van der Waals surface area contributed by atoms with Crippen LogP contribution in [-0.4, -0.2) is 18.5 Å². The number of nitrogens with two attached hydrogens (primary N) is 1. The van der Waals surface area contributed by atoms with Gasteiger partial charge in [-0.3, -0.25) is 4.79 Å². The van der Waals surface area contributed by atoms with Crippen LogP contribution in [0.5, 0.6) is 0 Å². The fraction of sp³-hybridized carbons (Fsp3) is 0.462. The van der Waals surface area contributed by atoms with Crippen LogP contribution in [0.15, 0.2) is 22.7 Å². The Labute approximate surface area is 122 Å². The minimum absolute atomic E-state index is 0.0245. The predicted octanol–water partition coefficient (Wildman–Crippen LogP) is 2.94. The predicted molar refractivity (Wildman–Crippen MR) is 72.2 cm³/mol. The summed E-state index contributed by atoms with van der Waals surface area (Å²) in [5, 5.41) is 2.57. The van der Waals surface area contributed by atoms with E-state index in [1.165, 1.54) is 12.1 Å². The van der Waals surface area contributed by atoms with Gasteiger partial charge in [0, 0.05) is 22.6 Å². The molecule has 1 unspecified atom stereocenters. The standard InChI is InChI=1S/C13H14BrF3N2O/c14-10-4-3-8(5-9(10)13(15,16)17)12(20)19-6-11(18)7-1-2-7/h3-5,7,11H,1-2,6,18H2,(H,19,20). The molecule has 110 valence electrons. The summed E-state index contributed by atoms with van der Waals surface area (Å²) in [6.45, 7) is 0.279. The van der Waals surface area contributed by atoms with Crippen molar-refractivity contribution in [1.29, 1.82) is 0 Å². The third-order valence-corrected chi connectivity index (χ3v) is 3.95. The Morgan fingerprint density at radius 3 is 2.65 bits per heavy atom. The smallest absolute Gasteiger partial charge is 0.350 e. The Morgan fingerprint density at radius 1 is 1.45 bits per heavy atom. The second-order valence-corrected chi connectivity index (χ2v) is 5.76. The van der Waals surface area contributed by atoms with Gasteiger partial charge in [-0.15, -0.1) is 0 Å². The number of nitrogens with one attached hydrogen (secondary N) is 1. The lowest BCUT2D eigenvalue weighted by Gasteiger charge is -2.13. The maximum absolute atomic E-state index is 12.7. The van der Waals surface area contributed by atoms with Crippen LogP contribution in [0.1, 0.15) is 28.8 Å². The van der Waals surface area contributed by atoms with Gasteiger partial charge in [-0.1, -0.05) is 15.9 Å². The highest BCUT2D eigenvalue weighted by atomic mass is 79.9. The molecule has 1 amide bonds. The molecule has 1 aliphatic carbocycles. The number of hydrogen-bond acceptors (Lipinski definition) is 2. The van der Waals surface area contributed by atoms with E-state index in [2.05, 4.69) is 21.2 Å². The number of carbonyl (C=O) groups excluding carboxylic acids is 1. The molecule has 1 aromatic carbocycles. The van der Waals surface area contributed by atoms with Gasteiger partial charge >= 0.3 is 6.18 Å². The first-order chi connectivity index (χ1) is 9.29. The molecule has 2 rings (SSSR count). The molecule has 20 heavy (non-hydrogen) atoms. The van der Waals surface area contributed by atoms with Crippen molar-refractivity contribution in [1.82, 2.24) is 5.32 Å². The van der Waals surface area contributed by atoms with E-state index in [-0.39, 0.29) is 22.6 Å². The molecule has 0 heterocycles. The van der Waals surface area contributed by atoms with Gasteiger partial charge in [0.2, 0.25) is 0 Å². The van der Waals surface area contributed by atoms with Crippen LogP contribution in [0.25, 0.3) is 0 Å². The molecule has 1 aromatic rings. The molecule has 1 atom stereocenters. The third-order valence-electron chi connectivity index (χ3n) is 3.26. The van der Waals surface area contributed by atoms with Crippen molar-refractivity contribution in [2.24, 2.45) is 11.7 Å². The number of carbonyl (C=O) groups is 1. The lowest BCUT2D eigenvalue weighted by atomic mass is 10.1. The van der Waals surface area contributed by atoms with Gasteiger partial charge in [0.05, 0.1) is 5.56 Å². The summed E-state index contributed by atoms with van der Waals surface area (Å²) in [5.74, 6) is -0.120. The van der Waals surface area contributed by atoms with Crippen LogP contribution in [0.3, 0.4) is 0 Å². The molecule has 1 fully saturated rings. The quantitative estimate of drug-likeness (QED) is 0.877. The van der Waals surface area contributed by atoms with E-state index in [0.29, 0.717) is 5.92 Å². The highest BCUT2D eigenvalue weighted by Gasteiger charge is 2.34. The summed E-state index contributed by atoms with van der Waals surface area (Å²) in [6, 6.07) is 3.27. The Hall–Kier alpha value is -1.08. The van der Waals surface area contributed by atoms with Crippen molar-refractivity contribution in [3.63, 3.8) is 0 Å². The summed E-state index contributed by atoms with van der Waals surface area (Å²) in [6.07, 6.45) is -2.40. The Morgan fingerprint density at radius 2 is 2.10 bits per heavy atom. The van der Waals surface area contributed by atoms with Crippen molar-refractivity contribution in [2.45, 2.75) is 25.1 Å². The van der Waals surface area contributed by atoms with E-state index in [1.54, 1.807) is 0 Å². The van der Waals surface area contributed by atoms with E-state index in [1.807, 2.05) is 0 Å². The summed E-state index contributed by atoms with van der Waals surface area (Å²) in [4.78, 5) is 11.8. The lowest BCUT2D eigenvalue weighted by Crippen LogP contribution is -2.38. The Kier molecular flexibility index (Phi) is 4.39. The number of rotatable bonds is 4. The molecule has 3 nitrogen and oxygen atoms in total. The zero-order valence-corrected chi connectivity index (χ0v) is 12.1. The van der Waals surface area contributed by atoms with Gasteiger partial charge in [-0.05, 0) is 37.0 Å². The van der Waals surface area contributed by atoms with E-state index in [0.717, 1.165) is 18.9 Å². The Balaban J connectivity index is 2.06. The molecule has 1 saturated carbocycles. The van der Waals surface area contributed by atoms with Gasteiger partial charge in [-0.25, -0.2) is 0 Å². The van der Waals surface area contributed by atoms with Crippen LogP contribution in [0.4, 0.5) is 13.2 Å². The maximum Gasteiger partial charge on any atom is 0.417 e. The SMILES string of the molecule is NC(CNC(=O)c1ccc(Br)c(C(F)(F)F)c1)C1CC1. The first kappa shape index (κ1) is 15.3. The van der Waals surface area contributed by atoms with Crippen molar-refractivity contribution < 1.29 is 18.0 Å². The lowest BCUT2D eigenvalue weighted by molar-refractivity contribution is -0.138. The van der Waals surface area contributed by atoms with Crippen molar-refractivity contribution in [2.75, 3.05) is 6.54 Å². The molecule has 3 N–H and O–H groups in total. The van der Waals surface area contributed by atoms with E-state index < -0.39 is 17.6 Å². The number of hydrogen-bond donors (Lipinski definition) is 2. The van der Waals surface area contributed by atoms with Gasteiger partial charge in [0.1, 0.15) is 0 Å². The van der Waals surface area contributed by atoms with Crippen LogP contribution < -0.4 is 11.1 Å². The van der Waals surface area contributed by atoms with Crippen LogP contribution in [0, 0.1) is 5.92 Å². The van der Waals surface area contributed by atoms with Gasteiger partial charge < -0.3 is 11.1 Å². The molecule has 1 aliphatic rings. The molecule has 0 saturated heterocycles. The molecule has 0 aromatic heterocycles. The zero-order chi connectivity index (χ0) is 14.9. The zero-order valence-electron chi connectivity index (χ0n) is 10.5. The monoisotopic (exact) mass is 350 g/mol. The van der Waals surface area contributed by atoms with Crippen molar-refractivity contribution in [3.05, 3.63) is 33.8 Å². The van der Waals surface area contributed by atoms with E-state index in [4.69, 9.17) is 5.73 Å². The van der Waals surface area contributed by atoms with Crippen LogP contribution in [0.2, 0.25) is 0 Å². The average Bonchev–Trinajstić information content (AvgIpc) is 3.18. The van der Waals surface area contributed by atoms with Gasteiger partial charge in [0.25, 0.3) is 5.91 Å². The highest BCUT2D eigenvalue weighted by molar-refractivity contribution is 9.10. The largest absolute Gasteiger partial charge is 0.417 e. The van der Waals surface area contributed by atoms with Gasteiger partial charge in [0.15, 0.2) is 0 Å². The topological polar surface area (TPSA) is 55.1 Å². The van der Waals surface area contributed by atoms with E-state index in [9.17, 15) is 18.0 Å². The molecule has 7 heteroatoms. The highest BCUT2D eigenvalue weighted by Crippen LogP contribution is 2.35. The second kappa shape index (κ2) is 5.73. The molecular weight excluding hydrogens is 337 g/mol. The number of halogens is 4. The number of amides is 1. The molecule has 0 bridgehead atoms. The first-order valence-electron chi connectivity index (χ1n) is 6.19. The van der Waals surface area contributed by atoms with Crippen molar-refractivity contribution in [3.8, 4) is 0 Å². The average molecular weight is 351 g/mol. The summed E-state index contributed by atoms with van der Waals surface area (Å²) in [5.41, 5.74) is 4.94. The summed E-state index contributed by atoms with van der Waals surface area (Å²) >= 11 is 2.83. The fourth-order valence-electron chi connectivity index (χ4n) is 1.89. The first-order valence-corrected chi connectivity index (χ1v) is 6.99. The molecular formula is C13H14BrF3N2O. The summed E-state index contributed by atoms with van der Waals surface area (Å²) < 4.78 is 38.1. The third kappa shape index (κ3) is 3.73. The van der Waals surface area contributed by atoms with Gasteiger partial charge in [-0.2, -0.15) is 13.2 Å². The fourth-order valence-corrected chi connectivity index (χ4v) is 2.36. The second-order valence-electron chi connectivity index (χ2n) is 4.90.